The van der Waals surface area contributed by atoms with Crippen molar-refractivity contribution in [1.82, 2.24) is 24.8 Å². The van der Waals surface area contributed by atoms with Crippen molar-refractivity contribution < 1.29 is 14.1 Å². The molecule has 0 saturated carbocycles. The first-order chi connectivity index (χ1) is 14.6. The summed E-state index contributed by atoms with van der Waals surface area (Å²) in [6, 6.07) is 7.20. The van der Waals surface area contributed by atoms with Crippen molar-refractivity contribution in [1.29, 1.82) is 0 Å². The molecule has 30 heavy (non-hydrogen) atoms. The molecule has 0 unspecified atom stereocenters. The van der Waals surface area contributed by atoms with Gasteiger partial charge < -0.3 is 14.3 Å². The van der Waals surface area contributed by atoms with E-state index in [4.69, 9.17) is 16.1 Å². The minimum atomic E-state index is 0.0757. The Hall–Kier alpha value is -2.45. The fourth-order valence-electron chi connectivity index (χ4n) is 3.86. The molecule has 2 aliphatic heterocycles. The Bertz CT molecular complexity index is 871. The molecule has 160 valence electrons. The van der Waals surface area contributed by atoms with E-state index < -0.39 is 0 Å². The Kier molecular flexibility index (Phi) is 6.64. The van der Waals surface area contributed by atoms with Gasteiger partial charge in [0.2, 0.25) is 23.5 Å². The topological polar surface area (TPSA) is 82.8 Å². The molecule has 1 aromatic carbocycles. The van der Waals surface area contributed by atoms with Crippen molar-refractivity contribution in [2.75, 3.05) is 45.8 Å². The number of benzene rings is 1. The number of hydrogen-bond acceptors (Lipinski definition) is 6. The lowest BCUT2D eigenvalue weighted by Crippen LogP contribution is -2.51. The van der Waals surface area contributed by atoms with Crippen molar-refractivity contribution in [2.45, 2.75) is 25.7 Å². The maximum atomic E-state index is 12.6. The van der Waals surface area contributed by atoms with Crippen molar-refractivity contribution >= 4 is 23.4 Å². The summed E-state index contributed by atoms with van der Waals surface area (Å²) in [6.07, 6.45) is 2.95. The van der Waals surface area contributed by atoms with E-state index in [9.17, 15) is 9.59 Å². The molecule has 0 spiro atoms. The van der Waals surface area contributed by atoms with E-state index >= 15 is 0 Å². The van der Waals surface area contributed by atoms with Crippen molar-refractivity contribution in [3.63, 3.8) is 0 Å². The minimum absolute atomic E-state index is 0.0757. The van der Waals surface area contributed by atoms with E-state index in [0.717, 1.165) is 44.6 Å². The molecule has 0 N–H and O–H groups in total. The van der Waals surface area contributed by atoms with Crippen LogP contribution in [0.5, 0.6) is 0 Å². The number of piperazine rings is 1. The molecular formula is C21H26ClN5O3. The monoisotopic (exact) mass is 431 g/mol. The van der Waals surface area contributed by atoms with Gasteiger partial charge in [-0.3, -0.25) is 14.5 Å². The van der Waals surface area contributed by atoms with E-state index in [-0.39, 0.29) is 11.8 Å². The standard InChI is InChI=1S/C21H26ClN5O3/c22-17-5-3-16(4-6-17)21-23-18(30-24-21)7-8-19(28)27-13-11-25(12-14-27)15-20(29)26-9-1-2-10-26/h3-6H,1-2,7-15H2. The van der Waals surface area contributed by atoms with Gasteiger partial charge in [-0.2, -0.15) is 4.98 Å². The van der Waals surface area contributed by atoms with Gasteiger partial charge in [0.15, 0.2) is 0 Å². The second-order valence-electron chi connectivity index (χ2n) is 7.76. The molecule has 0 aliphatic carbocycles. The third kappa shape index (κ3) is 5.17. The van der Waals surface area contributed by atoms with Crippen molar-refractivity contribution in [2.24, 2.45) is 0 Å². The number of amides is 2. The van der Waals surface area contributed by atoms with Crippen LogP contribution in [0.3, 0.4) is 0 Å². The molecule has 2 fully saturated rings. The number of rotatable bonds is 6. The molecule has 2 saturated heterocycles. The molecule has 2 aromatic rings. The second-order valence-corrected chi connectivity index (χ2v) is 8.20. The second kappa shape index (κ2) is 9.57. The van der Waals surface area contributed by atoms with E-state index in [1.807, 2.05) is 21.9 Å². The normalized spacial score (nSPS) is 17.5. The van der Waals surface area contributed by atoms with Gasteiger partial charge in [-0.25, -0.2) is 0 Å². The Morgan fingerprint density at radius 1 is 0.933 bits per heavy atom. The summed E-state index contributed by atoms with van der Waals surface area (Å²) in [5.41, 5.74) is 0.820. The Morgan fingerprint density at radius 3 is 2.30 bits per heavy atom. The van der Waals surface area contributed by atoms with Gasteiger partial charge in [-0.15, -0.1) is 0 Å². The Labute approximate surface area is 180 Å². The van der Waals surface area contributed by atoms with E-state index in [1.165, 1.54) is 0 Å². The van der Waals surface area contributed by atoms with Crippen LogP contribution in [0.25, 0.3) is 11.4 Å². The predicted molar refractivity (Wildman–Crippen MR) is 112 cm³/mol. The highest BCUT2D eigenvalue weighted by molar-refractivity contribution is 6.30. The number of aryl methyl sites for hydroxylation is 1. The molecule has 0 atom stereocenters. The van der Waals surface area contributed by atoms with E-state index in [1.54, 1.807) is 12.1 Å². The number of aromatic nitrogens is 2. The molecule has 0 radical (unpaired) electrons. The zero-order chi connectivity index (χ0) is 20.9. The van der Waals surface area contributed by atoms with Gasteiger partial charge in [-0.05, 0) is 37.1 Å². The van der Waals surface area contributed by atoms with Crippen LogP contribution in [-0.4, -0.2) is 82.5 Å². The lowest BCUT2D eigenvalue weighted by molar-refractivity contribution is -0.134. The minimum Gasteiger partial charge on any atom is -0.342 e. The van der Waals surface area contributed by atoms with Gasteiger partial charge in [-0.1, -0.05) is 16.8 Å². The summed E-state index contributed by atoms with van der Waals surface area (Å²) in [4.78, 5) is 35.1. The van der Waals surface area contributed by atoms with Crippen LogP contribution in [-0.2, 0) is 16.0 Å². The number of likely N-dealkylation sites (tertiary alicyclic amines) is 1. The lowest BCUT2D eigenvalue weighted by atomic mass is 10.2. The van der Waals surface area contributed by atoms with Crippen LogP contribution in [0.4, 0.5) is 0 Å². The number of hydrogen-bond donors (Lipinski definition) is 0. The first-order valence-corrected chi connectivity index (χ1v) is 10.8. The van der Waals surface area contributed by atoms with Gasteiger partial charge in [0.25, 0.3) is 0 Å². The molecule has 9 heteroatoms. The summed E-state index contributed by atoms with van der Waals surface area (Å²) in [7, 11) is 0. The van der Waals surface area contributed by atoms with Crippen LogP contribution in [0.15, 0.2) is 28.8 Å². The fourth-order valence-corrected chi connectivity index (χ4v) is 3.98. The summed E-state index contributed by atoms with van der Waals surface area (Å²) in [5.74, 6) is 1.22. The summed E-state index contributed by atoms with van der Waals surface area (Å²) < 4.78 is 5.28. The molecule has 1 aromatic heterocycles. The van der Waals surface area contributed by atoms with Gasteiger partial charge >= 0.3 is 0 Å². The van der Waals surface area contributed by atoms with E-state index in [2.05, 4.69) is 15.0 Å². The third-order valence-corrected chi connectivity index (χ3v) is 5.92. The van der Waals surface area contributed by atoms with E-state index in [0.29, 0.717) is 49.2 Å². The SMILES string of the molecule is O=C(CCc1nc(-c2ccc(Cl)cc2)no1)N1CCN(CC(=O)N2CCCC2)CC1. The average Bonchev–Trinajstić information content (AvgIpc) is 3.45. The number of carbonyl (C=O) groups is 2. The zero-order valence-corrected chi connectivity index (χ0v) is 17.7. The predicted octanol–water partition coefficient (Wildman–Crippen LogP) is 2.09. The van der Waals surface area contributed by atoms with Gasteiger partial charge in [0.1, 0.15) is 0 Å². The number of halogens is 1. The van der Waals surface area contributed by atoms with Crippen LogP contribution in [0.2, 0.25) is 5.02 Å². The molecule has 2 aliphatic rings. The first kappa shape index (κ1) is 20.8. The lowest BCUT2D eigenvalue weighted by Gasteiger charge is -2.35. The van der Waals surface area contributed by atoms with Gasteiger partial charge in [0, 0.05) is 62.7 Å². The fraction of sp³-hybridized carbons (Fsp3) is 0.524. The smallest absolute Gasteiger partial charge is 0.236 e. The molecule has 3 heterocycles. The first-order valence-electron chi connectivity index (χ1n) is 10.4. The van der Waals surface area contributed by atoms with Crippen LogP contribution < -0.4 is 0 Å². The molecule has 4 rings (SSSR count). The summed E-state index contributed by atoms with van der Waals surface area (Å²) in [5, 5.41) is 4.63. The maximum absolute atomic E-state index is 12.6. The molecule has 8 nitrogen and oxygen atoms in total. The molecular weight excluding hydrogens is 406 g/mol. The summed E-state index contributed by atoms with van der Waals surface area (Å²) in [6.45, 7) is 4.97. The number of carbonyl (C=O) groups excluding carboxylic acids is 2. The van der Waals surface area contributed by atoms with Crippen LogP contribution in [0, 0.1) is 0 Å². The molecule has 0 bridgehead atoms. The Balaban J connectivity index is 1.21. The summed E-state index contributed by atoms with van der Waals surface area (Å²) >= 11 is 5.90. The quantitative estimate of drug-likeness (QED) is 0.696. The highest BCUT2D eigenvalue weighted by Gasteiger charge is 2.25. The van der Waals surface area contributed by atoms with Crippen molar-refractivity contribution in [3.8, 4) is 11.4 Å². The van der Waals surface area contributed by atoms with Gasteiger partial charge in [0.05, 0.1) is 6.54 Å². The zero-order valence-electron chi connectivity index (χ0n) is 16.9. The highest BCUT2D eigenvalue weighted by atomic mass is 35.5. The average molecular weight is 432 g/mol. The Morgan fingerprint density at radius 2 is 1.60 bits per heavy atom. The van der Waals surface area contributed by atoms with Crippen LogP contribution >= 0.6 is 11.6 Å². The number of nitrogens with zero attached hydrogens (tertiary/aromatic N) is 5. The third-order valence-electron chi connectivity index (χ3n) is 5.67. The van der Waals surface area contributed by atoms with Crippen LogP contribution in [0.1, 0.15) is 25.2 Å². The largest absolute Gasteiger partial charge is 0.342 e. The molecule has 2 amide bonds. The highest BCUT2D eigenvalue weighted by Crippen LogP contribution is 2.19. The van der Waals surface area contributed by atoms with Crippen molar-refractivity contribution in [3.05, 3.63) is 35.2 Å². The maximum Gasteiger partial charge on any atom is 0.236 e.